The van der Waals surface area contributed by atoms with Crippen molar-refractivity contribution in [2.75, 3.05) is 88.3 Å². The first-order chi connectivity index (χ1) is 28.8. The number of carboxylic acid groups (broad SMARTS) is 1. The molecule has 4 aromatic rings. The van der Waals surface area contributed by atoms with Gasteiger partial charge in [0, 0.05) is 99.0 Å². The van der Waals surface area contributed by atoms with Gasteiger partial charge in [0.2, 0.25) is 5.95 Å². The zero-order valence-electron chi connectivity index (χ0n) is 35.4. The summed E-state index contributed by atoms with van der Waals surface area (Å²) in [6, 6.07) is 9.77. The maximum atomic E-state index is 13.4. The Morgan fingerprint density at radius 1 is 0.984 bits per heavy atom. The summed E-state index contributed by atoms with van der Waals surface area (Å²) >= 11 is 3.63. The summed E-state index contributed by atoms with van der Waals surface area (Å²) in [5.74, 6) is -1.07. The van der Waals surface area contributed by atoms with E-state index in [9.17, 15) is 17.7 Å². The van der Waals surface area contributed by atoms with E-state index >= 15 is 0 Å². The zero-order valence-corrected chi connectivity index (χ0v) is 37.9. The van der Waals surface area contributed by atoms with Crippen LogP contribution in [0.25, 0.3) is 11.1 Å². The molecule has 2 aromatic heterocycles. The minimum Gasteiger partial charge on any atom is -0.494 e. The van der Waals surface area contributed by atoms with Crippen molar-refractivity contribution in [2.45, 2.75) is 57.8 Å². The Labute approximate surface area is 363 Å². The van der Waals surface area contributed by atoms with E-state index in [0.717, 1.165) is 76.8 Å². The van der Waals surface area contributed by atoms with Crippen LogP contribution in [0.1, 0.15) is 36.8 Å². The molecule has 0 bridgehead atoms. The molecule has 8 rings (SSSR count). The maximum absolute atomic E-state index is 13.4. The first-order valence-electron chi connectivity index (χ1n) is 20.5. The number of aromatic nitrogens is 4. The molecule has 19 heteroatoms. The number of aryl methyl sites for hydroxylation is 2. The van der Waals surface area contributed by atoms with Gasteiger partial charge >= 0.3 is 12.1 Å². The van der Waals surface area contributed by atoms with Gasteiger partial charge in [0.15, 0.2) is 0 Å². The van der Waals surface area contributed by atoms with Gasteiger partial charge in [0.05, 0.1) is 29.2 Å². The van der Waals surface area contributed by atoms with E-state index in [0.29, 0.717) is 33.4 Å². The average Bonchev–Trinajstić information content (AvgIpc) is 3.61. The predicted molar refractivity (Wildman–Crippen MR) is 237 cm³/mol. The van der Waals surface area contributed by atoms with E-state index in [1.54, 1.807) is 26.6 Å². The van der Waals surface area contributed by atoms with Crippen LogP contribution >= 0.6 is 23.1 Å². The highest BCUT2D eigenvalue weighted by Gasteiger charge is 2.49. The van der Waals surface area contributed by atoms with Crippen molar-refractivity contribution in [3.63, 3.8) is 0 Å². The number of rotatable bonds is 10. The molecule has 0 radical (unpaired) electrons. The third-order valence-corrected chi connectivity index (χ3v) is 14.9. The average molecular weight is 932 g/mol. The van der Waals surface area contributed by atoms with Crippen LogP contribution < -0.4 is 30.9 Å². The number of piperidine rings is 1. The van der Waals surface area contributed by atoms with E-state index in [2.05, 4.69) is 75.0 Å². The molecule has 0 atom stereocenters. The maximum Gasteiger partial charge on any atom is 0.490 e. The number of likely N-dealkylation sites (tertiary alicyclic amines) is 1. The highest BCUT2D eigenvalue weighted by Crippen LogP contribution is 2.52. The minimum absolute atomic E-state index is 0.406. The summed E-state index contributed by atoms with van der Waals surface area (Å²) in [6.45, 7) is 16.6. The normalized spacial score (nSPS) is 18.8. The number of hydrogen-bond acceptors (Lipinski definition) is 12. The Kier molecular flexibility index (Phi) is 13.1. The Bertz CT molecular complexity index is 2280. The third kappa shape index (κ3) is 10.0. The number of hydrogen-bond donors (Lipinski definition) is 4. The Hall–Kier alpha value is -4.22. The predicted octanol–water partition coefficient (Wildman–Crippen LogP) is 6.97. The number of carboxylic acids is 1. The van der Waals surface area contributed by atoms with Crippen molar-refractivity contribution in [1.82, 2.24) is 34.9 Å². The number of anilines is 5. The highest BCUT2D eigenvalue weighted by molar-refractivity contribution is 9.10. The van der Waals surface area contributed by atoms with Crippen LogP contribution in [0.15, 0.2) is 47.3 Å². The van der Waals surface area contributed by atoms with E-state index < -0.39 is 19.3 Å². The summed E-state index contributed by atoms with van der Waals surface area (Å²) < 4.78 is 53.7. The number of carbonyl (C=O) groups is 1. The van der Waals surface area contributed by atoms with Gasteiger partial charge in [-0.1, -0.05) is 6.07 Å². The van der Waals surface area contributed by atoms with E-state index in [-0.39, 0.29) is 0 Å². The summed E-state index contributed by atoms with van der Waals surface area (Å²) in [5, 5.41) is 22.8. The second-order valence-corrected chi connectivity index (χ2v) is 21.1. The molecule has 3 saturated heterocycles. The first-order valence-corrected chi connectivity index (χ1v) is 23.9. The van der Waals surface area contributed by atoms with Crippen LogP contribution in [0, 0.1) is 19.3 Å². The largest absolute Gasteiger partial charge is 0.494 e. The van der Waals surface area contributed by atoms with Crippen molar-refractivity contribution < 1.29 is 32.4 Å². The number of nitrogens with zero attached hydrogens (tertiary/aromatic N) is 7. The van der Waals surface area contributed by atoms with Gasteiger partial charge in [-0.25, -0.2) is 9.78 Å². The molecule has 61 heavy (non-hydrogen) atoms. The van der Waals surface area contributed by atoms with Crippen molar-refractivity contribution in [3.05, 3.63) is 58.5 Å². The molecule has 3 aliphatic heterocycles. The molecule has 14 nitrogen and oxygen atoms in total. The van der Waals surface area contributed by atoms with Crippen LogP contribution in [-0.4, -0.2) is 132 Å². The Morgan fingerprint density at radius 2 is 1.64 bits per heavy atom. The van der Waals surface area contributed by atoms with Gasteiger partial charge in [-0.2, -0.15) is 23.3 Å². The van der Waals surface area contributed by atoms with Crippen molar-refractivity contribution in [1.29, 1.82) is 0 Å². The van der Waals surface area contributed by atoms with Crippen LogP contribution in [-0.2, 0) is 16.4 Å². The van der Waals surface area contributed by atoms with Crippen LogP contribution in [0.4, 0.5) is 42.0 Å². The number of nitrogens with one attached hydrogen (secondary N) is 3. The zero-order chi connectivity index (χ0) is 43.9. The first kappa shape index (κ1) is 44.8. The topological polar surface area (TPSA) is 153 Å². The molecule has 4 aliphatic rings. The molecular formula is C42H55BrF3N10O4P. The molecule has 2 aromatic carbocycles. The number of benzene rings is 2. The van der Waals surface area contributed by atoms with Crippen LogP contribution in [0.3, 0.4) is 0 Å². The smallest absolute Gasteiger partial charge is 0.490 e. The summed E-state index contributed by atoms with van der Waals surface area (Å²) in [6.07, 6.45) is 6.07. The van der Waals surface area contributed by atoms with E-state index in [1.165, 1.54) is 51.9 Å². The van der Waals surface area contributed by atoms with Crippen molar-refractivity contribution >= 4 is 63.2 Å². The summed E-state index contributed by atoms with van der Waals surface area (Å²) in [7, 11) is 1.07. The minimum atomic E-state index is -5.08. The van der Waals surface area contributed by atoms with Gasteiger partial charge in [-0.15, -0.1) is 0 Å². The van der Waals surface area contributed by atoms with E-state index in [4.69, 9.17) is 19.6 Å². The van der Waals surface area contributed by atoms with Gasteiger partial charge in [0.1, 0.15) is 18.7 Å². The number of methoxy groups -OCH3 is 1. The molecule has 4 N–H and O–H groups in total. The second kappa shape index (κ2) is 17.9. The van der Waals surface area contributed by atoms with E-state index in [1.807, 2.05) is 43.9 Å². The molecule has 4 fully saturated rings. The van der Waals surface area contributed by atoms with Gasteiger partial charge in [-0.05, 0) is 111 Å². The monoisotopic (exact) mass is 930 g/mol. The number of piperazine rings is 1. The molecule has 1 spiro atoms. The Balaban J connectivity index is 0.000000739. The molecule has 0 unspecified atom stereocenters. The number of halogens is 4. The quantitative estimate of drug-likeness (QED) is 0.121. The molecule has 1 aliphatic carbocycles. The lowest BCUT2D eigenvalue weighted by Crippen LogP contribution is -2.63. The van der Waals surface area contributed by atoms with Crippen LogP contribution in [0.2, 0.25) is 0 Å². The molecule has 330 valence electrons. The van der Waals surface area contributed by atoms with Crippen LogP contribution in [0.5, 0.6) is 5.75 Å². The van der Waals surface area contributed by atoms with Gasteiger partial charge < -0.3 is 35.3 Å². The fourth-order valence-corrected chi connectivity index (χ4v) is 11.1. The van der Waals surface area contributed by atoms with Crippen molar-refractivity contribution in [3.8, 4) is 16.9 Å². The molecule has 1 saturated carbocycles. The van der Waals surface area contributed by atoms with Gasteiger partial charge in [0.25, 0.3) is 0 Å². The second-order valence-electron chi connectivity index (χ2n) is 17.1. The van der Waals surface area contributed by atoms with Crippen molar-refractivity contribution in [2.24, 2.45) is 12.5 Å². The fraction of sp³-hybridized carbons (Fsp3) is 0.524. The number of ether oxygens (including phenoxy) is 1. The lowest BCUT2D eigenvalue weighted by molar-refractivity contribution is -0.192. The number of aliphatic carboxylic acids is 1. The highest BCUT2D eigenvalue weighted by atomic mass is 79.9. The molecule has 0 amide bonds. The summed E-state index contributed by atoms with van der Waals surface area (Å²) in [5.41, 5.74) is 7.48. The lowest BCUT2D eigenvalue weighted by atomic mass is 9.59. The SMILES string of the molecule is COc1cc(N2CCN(C3CC4(CCN(C5CNC5)CC4)C3)CC2)c(-c2cnn(C)c2)cc1Nc1ncc(Br)c(Nc2ccc(C)c(C)c2P(C)(C)=O)n1.O=C(O)C(F)(F)F. The third-order valence-electron chi connectivity index (χ3n) is 12.7. The summed E-state index contributed by atoms with van der Waals surface area (Å²) in [4.78, 5) is 26.3. The Morgan fingerprint density at radius 3 is 2.20 bits per heavy atom. The fourth-order valence-electron chi connectivity index (χ4n) is 9.08. The lowest BCUT2D eigenvalue weighted by Gasteiger charge is -2.57. The molecule has 5 heterocycles. The molecular weight excluding hydrogens is 876 g/mol. The number of alkyl halides is 3. The van der Waals surface area contributed by atoms with Gasteiger partial charge in [-0.3, -0.25) is 14.5 Å². The standard InChI is InChI=1S/C40H54BrN10O2P.C2HF3O2/c1-26-7-8-33(37(27(26)2)54(5,6)52)45-38-32(41)24-43-39(47-38)46-34-17-31(28-21-44-48(3)25-28)35(18-36(34)53-4)51-15-13-50(14-16-51)29-19-40(20-29)9-11-49(12-10-40)30-22-42-23-30;3-2(4,5)1(6)7/h7-8,17-18,21,24-25,29-30,42H,9-16,19-20,22-23H2,1-6H3,(H2,43,45,46,47);(H,6,7).